The lowest BCUT2D eigenvalue weighted by molar-refractivity contribution is -0.209. The van der Waals surface area contributed by atoms with E-state index in [1.165, 1.54) is 23.6 Å². The zero-order chi connectivity index (χ0) is 21.6. The van der Waals surface area contributed by atoms with Crippen molar-refractivity contribution < 1.29 is 27.6 Å². The number of nitrogens with zero attached hydrogens (tertiary/aromatic N) is 3. The van der Waals surface area contributed by atoms with E-state index >= 15 is 0 Å². The highest BCUT2D eigenvalue weighted by Crippen LogP contribution is 2.39. The molecule has 1 aromatic heterocycles. The largest absolute Gasteiger partial charge is 0.416 e. The highest BCUT2D eigenvalue weighted by molar-refractivity contribution is 7.15. The number of benzene rings is 1. The molecule has 2 unspecified atom stereocenters. The zero-order valence-corrected chi connectivity index (χ0v) is 16.7. The zero-order valence-electron chi connectivity index (χ0n) is 15.1. The molecule has 2 aromatic rings. The number of hydroxylamine groups is 2. The Morgan fingerprint density at radius 2 is 2.10 bits per heavy atom. The molecule has 0 aliphatic carbocycles. The van der Waals surface area contributed by atoms with Gasteiger partial charge in [-0.15, -0.1) is 11.3 Å². The number of halogens is 5. The average molecular weight is 460 g/mol. The maximum atomic E-state index is 14.5. The summed E-state index contributed by atoms with van der Waals surface area (Å²) in [6.45, 7) is 0.295. The van der Waals surface area contributed by atoms with Gasteiger partial charge >= 0.3 is 6.18 Å². The van der Waals surface area contributed by atoms with Crippen LogP contribution in [-0.2, 0) is 17.4 Å². The van der Waals surface area contributed by atoms with Crippen LogP contribution < -0.4 is 0 Å². The molecule has 4 rings (SSSR count). The summed E-state index contributed by atoms with van der Waals surface area (Å²) in [5.41, 5.74) is -1.46. The number of rotatable bonds is 3. The molecule has 158 valence electrons. The second kappa shape index (κ2) is 7.77. The monoisotopic (exact) mass is 459 g/mol. The van der Waals surface area contributed by atoms with Crippen LogP contribution in [-0.4, -0.2) is 38.6 Å². The van der Waals surface area contributed by atoms with Crippen molar-refractivity contribution in [3.8, 4) is 0 Å². The predicted molar refractivity (Wildman–Crippen MR) is 101 cm³/mol. The van der Waals surface area contributed by atoms with Crippen molar-refractivity contribution in [3.05, 3.63) is 74.6 Å². The van der Waals surface area contributed by atoms with Crippen LogP contribution in [0.15, 0.2) is 48.3 Å². The van der Waals surface area contributed by atoms with Crippen molar-refractivity contribution in [2.45, 2.75) is 24.8 Å². The SMILES string of the molecule is O=C1C2=CC=CCN2C(Cc2cnc(Cl)s2)N(O)C1c1cc(C(F)(F)F)ccc1F. The van der Waals surface area contributed by atoms with Crippen LogP contribution in [0.4, 0.5) is 17.6 Å². The smallest absolute Gasteiger partial charge is 0.347 e. The topological polar surface area (TPSA) is 56.7 Å². The fourth-order valence-electron chi connectivity index (χ4n) is 3.58. The first kappa shape index (κ1) is 21.0. The molecule has 30 heavy (non-hydrogen) atoms. The minimum absolute atomic E-state index is 0.177. The van der Waals surface area contributed by atoms with Gasteiger partial charge < -0.3 is 10.1 Å². The first-order chi connectivity index (χ1) is 14.2. The molecule has 0 spiro atoms. The van der Waals surface area contributed by atoms with Gasteiger partial charge in [-0.1, -0.05) is 23.8 Å². The molecular formula is C19H14ClF4N3O2S. The van der Waals surface area contributed by atoms with Crippen molar-refractivity contribution in [1.29, 1.82) is 0 Å². The molecule has 2 aliphatic rings. The molecule has 1 saturated heterocycles. The minimum atomic E-state index is -4.72. The Labute approximate surface area is 177 Å². The Kier molecular flexibility index (Phi) is 5.43. The van der Waals surface area contributed by atoms with E-state index in [-0.39, 0.29) is 16.6 Å². The van der Waals surface area contributed by atoms with E-state index in [1.807, 2.05) is 0 Å². The van der Waals surface area contributed by atoms with Crippen molar-refractivity contribution in [1.82, 2.24) is 14.9 Å². The van der Waals surface area contributed by atoms with Gasteiger partial charge in [-0.25, -0.2) is 9.37 Å². The van der Waals surface area contributed by atoms with Gasteiger partial charge in [-0.05, 0) is 24.3 Å². The first-order valence-electron chi connectivity index (χ1n) is 8.78. The molecule has 0 saturated carbocycles. The van der Waals surface area contributed by atoms with Crippen LogP contribution in [0.3, 0.4) is 0 Å². The number of aromatic nitrogens is 1. The van der Waals surface area contributed by atoms with E-state index < -0.39 is 41.1 Å². The third kappa shape index (κ3) is 3.76. The number of alkyl halides is 3. The van der Waals surface area contributed by atoms with Crippen LogP contribution in [0.1, 0.15) is 22.0 Å². The standard InChI is InChI=1S/C19H14ClF4N3O2S/c20-18-25-9-11(30-18)8-15-26-6-2-1-3-14(26)17(28)16(27(15)29)12-7-10(19(22,23)24)4-5-13(12)21/h1-5,7,9,15-16,29H,6,8H2. The van der Waals surface area contributed by atoms with Gasteiger partial charge in [0, 0.05) is 29.6 Å². The van der Waals surface area contributed by atoms with Gasteiger partial charge in [0.2, 0.25) is 5.78 Å². The quantitative estimate of drug-likeness (QED) is 0.680. The van der Waals surface area contributed by atoms with E-state index in [0.717, 1.165) is 0 Å². The normalized spacial score (nSPS) is 22.3. The molecular weight excluding hydrogens is 446 g/mol. The maximum absolute atomic E-state index is 14.5. The third-order valence-corrected chi connectivity index (χ3v) is 6.10. The van der Waals surface area contributed by atoms with E-state index in [0.29, 0.717) is 34.7 Å². The second-order valence-electron chi connectivity index (χ2n) is 6.78. The number of hydrogen-bond donors (Lipinski definition) is 1. The van der Waals surface area contributed by atoms with Gasteiger partial charge in [0.15, 0.2) is 4.47 Å². The number of thiazole rings is 1. The van der Waals surface area contributed by atoms with Gasteiger partial charge in [0.05, 0.1) is 11.3 Å². The van der Waals surface area contributed by atoms with Crippen molar-refractivity contribution in [2.75, 3.05) is 6.54 Å². The molecule has 3 heterocycles. The van der Waals surface area contributed by atoms with Crippen molar-refractivity contribution in [2.24, 2.45) is 0 Å². The fraction of sp³-hybridized carbons (Fsp3) is 0.263. The second-order valence-corrected chi connectivity index (χ2v) is 8.47. The van der Waals surface area contributed by atoms with E-state index in [9.17, 15) is 27.6 Å². The number of hydrogen-bond acceptors (Lipinski definition) is 6. The summed E-state index contributed by atoms with van der Waals surface area (Å²) in [7, 11) is 0. The summed E-state index contributed by atoms with van der Waals surface area (Å²) in [5, 5.41) is 11.5. The summed E-state index contributed by atoms with van der Waals surface area (Å²) >= 11 is 7.04. The molecule has 5 nitrogen and oxygen atoms in total. The van der Waals surface area contributed by atoms with Gasteiger partial charge in [-0.2, -0.15) is 18.2 Å². The molecule has 2 atom stereocenters. The van der Waals surface area contributed by atoms with Crippen molar-refractivity contribution in [3.63, 3.8) is 0 Å². The van der Waals surface area contributed by atoms with Gasteiger partial charge in [-0.3, -0.25) is 4.79 Å². The summed E-state index contributed by atoms with van der Waals surface area (Å²) in [5.74, 6) is -1.71. The average Bonchev–Trinajstić information content (AvgIpc) is 3.10. The predicted octanol–water partition coefficient (Wildman–Crippen LogP) is 4.59. The van der Waals surface area contributed by atoms with Crippen LogP contribution in [0.5, 0.6) is 0 Å². The number of ketones is 1. The van der Waals surface area contributed by atoms with Crippen LogP contribution in [0, 0.1) is 5.82 Å². The number of carbonyl (C=O) groups is 1. The lowest BCUT2D eigenvalue weighted by atomic mass is 9.92. The Hall–Kier alpha value is -2.27. The number of carbonyl (C=O) groups excluding carboxylic acids is 1. The van der Waals surface area contributed by atoms with Crippen LogP contribution in [0.2, 0.25) is 4.47 Å². The lowest BCUT2D eigenvalue weighted by Crippen LogP contribution is -2.57. The number of allylic oxidation sites excluding steroid dienone is 2. The first-order valence-corrected chi connectivity index (χ1v) is 9.98. The molecule has 0 radical (unpaired) electrons. The molecule has 1 N–H and O–H groups in total. The Morgan fingerprint density at radius 3 is 2.77 bits per heavy atom. The molecule has 11 heteroatoms. The van der Waals surface area contributed by atoms with E-state index in [4.69, 9.17) is 11.6 Å². The summed E-state index contributed by atoms with van der Waals surface area (Å²) in [6.07, 6.45) is 1.03. The summed E-state index contributed by atoms with van der Waals surface area (Å²) in [4.78, 5) is 19.3. The lowest BCUT2D eigenvalue weighted by Gasteiger charge is -2.46. The molecule has 0 amide bonds. The van der Waals surface area contributed by atoms with Gasteiger partial charge in [0.25, 0.3) is 0 Å². The Bertz CT molecular complexity index is 1050. The maximum Gasteiger partial charge on any atom is 0.416 e. The van der Waals surface area contributed by atoms with E-state index in [1.54, 1.807) is 17.1 Å². The summed E-state index contributed by atoms with van der Waals surface area (Å²) in [6, 6.07) is 0.185. The minimum Gasteiger partial charge on any atom is -0.347 e. The summed E-state index contributed by atoms with van der Waals surface area (Å²) < 4.78 is 54.3. The third-order valence-electron chi connectivity index (χ3n) is 4.96. The highest BCUT2D eigenvalue weighted by Gasteiger charge is 2.46. The highest BCUT2D eigenvalue weighted by atomic mass is 35.5. The van der Waals surface area contributed by atoms with E-state index in [2.05, 4.69) is 4.98 Å². The Balaban J connectivity index is 1.78. The molecule has 1 fully saturated rings. The molecule has 1 aromatic carbocycles. The van der Waals surface area contributed by atoms with Crippen LogP contribution >= 0.6 is 22.9 Å². The Morgan fingerprint density at radius 1 is 1.33 bits per heavy atom. The van der Waals surface area contributed by atoms with Crippen LogP contribution in [0.25, 0.3) is 0 Å². The van der Waals surface area contributed by atoms with Crippen molar-refractivity contribution >= 4 is 28.7 Å². The number of fused-ring (bicyclic) bond motifs is 1. The van der Waals surface area contributed by atoms with Gasteiger partial charge in [0.1, 0.15) is 18.0 Å². The molecule has 2 aliphatic heterocycles. The molecule has 0 bridgehead atoms. The number of Topliss-reactive ketones (excluding diaryl/α,β-unsaturated/α-hetero) is 1. The fourth-order valence-corrected chi connectivity index (χ4v) is 4.59.